The van der Waals surface area contributed by atoms with Crippen LogP contribution < -0.4 is 5.32 Å². The van der Waals surface area contributed by atoms with Crippen molar-refractivity contribution in [3.8, 4) is 22.6 Å². The van der Waals surface area contributed by atoms with Crippen molar-refractivity contribution in [2.45, 2.75) is 31.7 Å². The number of benzene rings is 3. The minimum atomic E-state index is -0.784. The van der Waals surface area contributed by atoms with Gasteiger partial charge in [0.15, 0.2) is 5.82 Å². The zero-order valence-corrected chi connectivity index (χ0v) is 21.0. The second-order valence-corrected chi connectivity index (χ2v) is 10.7. The summed E-state index contributed by atoms with van der Waals surface area (Å²) < 4.78 is 28.7. The molecule has 3 N–H and O–H groups in total. The van der Waals surface area contributed by atoms with Crippen LogP contribution in [0.2, 0.25) is 0 Å². The van der Waals surface area contributed by atoms with Gasteiger partial charge in [0, 0.05) is 40.9 Å². The average Bonchev–Trinajstić information content (AvgIpc) is 3.37. The lowest BCUT2D eigenvalue weighted by Crippen LogP contribution is -2.51. The maximum atomic E-state index is 14.5. The van der Waals surface area contributed by atoms with Gasteiger partial charge in [0.25, 0.3) is 0 Å². The average molecular weight is 525 g/mol. The monoisotopic (exact) mass is 524 g/mol. The van der Waals surface area contributed by atoms with Crippen LogP contribution in [-0.4, -0.2) is 32.1 Å². The molecule has 2 aromatic heterocycles. The van der Waals surface area contributed by atoms with E-state index >= 15 is 0 Å². The number of nitrogens with one attached hydrogen (secondary N) is 2. The quantitative estimate of drug-likeness (QED) is 0.230. The Morgan fingerprint density at radius 1 is 0.923 bits per heavy atom. The van der Waals surface area contributed by atoms with Crippen molar-refractivity contribution in [2.24, 2.45) is 17.8 Å². The Morgan fingerprint density at radius 2 is 1.69 bits per heavy atom. The van der Waals surface area contributed by atoms with Crippen LogP contribution in [0.25, 0.3) is 44.3 Å². The minimum Gasteiger partial charge on any atom is -0.481 e. The summed E-state index contributed by atoms with van der Waals surface area (Å²) in [4.78, 5) is 24.8. The summed E-state index contributed by atoms with van der Waals surface area (Å²) in [6.45, 7) is 0. The van der Waals surface area contributed by atoms with E-state index in [0.717, 1.165) is 48.1 Å². The number of carboxylic acids is 1. The highest BCUT2D eigenvalue weighted by Crippen LogP contribution is 2.46. The first-order chi connectivity index (χ1) is 18.9. The van der Waals surface area contributed by atoms with E-state index in [1.807, 2.05) is 48.5 Å². The number of rotatable bonds is 5. The smallest absolute Gasteiger partial charge is 0.308 e. The number of fused-ring (bicyclic) bond motifs is 5. The summed E-state index contributed by atoms with van der Waals surface area (Å²) in [5.41, 5.74) is 2.13. The van der Waals surface area contributed by atoms with Gasteiger partial charge in [0.05, 0.1) is 17.1 Å². The Labute approximate surface area is 223 Å². The van der Waals surface area contributed by atoms with Crippen LogP contribution in [0.1, 0.15) is 25.7 Å². The van der Waals surface area contributed by atoms with E-state index < -0.39 is 23.5 Å². The zero-order valence-electron chi connectivity index (χ0n) is 21.0. The van der Waals surface area contributed by atoms with Crippen LogP contribution in [0.15, 0.2) is 66.9 Å². The Hall–Kier alpha value is -4.33. The van der Waals surface area contributed by atoms with Crippen molar-refractivity contribution in [1.29, 1.82) is 0 Å². The van der Waals surface area contributed by atoms with E-state index in [1.54, 1.807) is 6.20 Å². The molecule has 0 saturated heterocycles. The highest BCUT2D eigenvalue weighted by atomic mass is 19.1. The predicted octanol–water partition coefficient (Wildman–Crippen LogP) is 7.02. The normalized spacial score (nSPS) is 22.4. The first-order valence-electron chi connectivity index (χ1n) is 13.3. The van der Waals surface area contributed by atoms with Gasteiger partial charge in [-0.25, -0.2) is 18.7 Å². The maximum Gasteiger partial charge on any atom is 0.308 e. The molecular formula is C31H26F2N4O2. The number of nitrogens with zero attached hydrogens (tertiary/aromatic N) is 2. The molecule has 0 aliphatic heterocycles. The van der Waals surface area contributed by atoms with Crippen LogP contribution in [-0.2, 0) is 4.79 Å². The number of aliphatic carboxylic acids is 1. The fourth-order valence-electron chi connectivity index (χ4n) is 6.66. The molecule has 3 aliphatic rings. The Bertz CT molecular complexity index is 1740. The van der Waals surface area contributed by atoms with Crippen molar-refractivity contribution in [3.63, 3.8) is 0 Å². The maximum absolute atomic E-state index is 14.5. The first kappa shape index (κ1) is 23.8. The number of halogens is 2. The second kappa shape index (κ2) is 9.15. The third-order valence-corrected chi connectivity index (χ3v) is 8.54. The largest absolute Gasteiger partial charge is 0.481 e. The topological polar surface area (TPSA) is 90.9 Å². The molecule has 3 saturated carbocycles. The molecule has 1 unspecified atom stereocenters. The van der Waals surface area contributed by atoms with Gasteiger partial charge in [-0.2, -0.15) is 0 Å². The van der Waals surface area contributed by atoms with E-state index in [4.69, 9.17) is 9.97 Å². The molecule has 2 heterocycles. The molecule has 5 aromatic rings. The number of carboxylic acid groups (broad SMARTS) is 1. The molecule has 3 fully saturated rings. The Morgan fingerprint density at radius 3 is 2.49 bits per heavy atom. The lowest BCUT2D eigenvalue weighted by molar-refractivity contribution is -0.148. The van der Waals surface area contributed by atoms with E-state index in [0.29, 0.717) is 28.3 Å². The summed E-state index contributed by atoms with van der Waals surface area (Å²) >= 11 is 0. The van der Waals surface area contributed by atoms with Gasteiger partial charge in [-0.1, -0.05) is 36.4 Å². The van der Waals surface area contributed by atoms with Gasteiger partial charge in [0.1, 0.15) is 17.5 Å². The number of anilines is 1. The summed E-state index contributed by atoms with van der Waals surface area (Å²) in [7, 11) is 0. The van der Waals surface area contributed by atoms with Gasteiger partial charge in [0.2, 0.25) is 0 Å². The van der Waals surface area contributed by atoms with Crippen LogP contribution >= 0.6 is 0 Å². The van der Waals surface area contributed by atoms with Crippen molar-refractivity contribution >= 4 is 33.5 Å². The number of hydrogen-bond acceptors (Lipinski definition) is 4. The van der Waals surface area contributed by atoms with E-state index in [-0.39, 0.29) is 23.4 Å². The second-order valence-electron chi connectivity index (χ2n) is 10.7. The lowest BCUT2D eigenvalue weighted by atomic mass is 9.61. The Balaban J connectivity index is 1.37. The number of aromatic amines is 1. The molecule has 8 rings (SSSR count). The van der Waals surface area contributed by atoms with Gasteiger partial charge >= 0.3 is 5.97 Å². The molecule has 0 spiro atoms. The van der Waals surface area contributed by atoms with Crippen molar-refractivity contribution in [1.82, 2.24) is 15.0 Å². The number of hydrogen-bond donors (Lipinski definition) is 3. The molecule has 2 atom stereocenters. The third kappa shape index (κ3) is 4.11. The van der Waals surface area contributed by atoms with Gasteiger partial charge in [-0.05, 0) is 60.4 Å². The van der Waals surface area contributed by atoms with Crippen molar-refractivity contribution in [3.05, 3.63) is 78.5 Å². The van der Waals surface area contributed by atoms with Crippen molar-refractivity contribution < 1.29 is 18.7 Å². The molecule has 3 aromatic carbocycles. The van der Waals surface area contributed by atoms with E-state index in [9.17, 15) is 18.7 Å². The number of aromatic nitrogens is 3. The fourth-order valence-corrected chi connectivity index (χ4v) is 6.66. The molecular weight excluding hydrogens is 498 g/mol. The minimum absolute atomic E-state index is 0.144. The number of carbonyl (C=O) groups is 1. The zero-order chi connectivity index (χ0) is 26.7. The number of H-pyrrole nitrogens is 1. The molecule has 3 aliphatic carbocycles. The highest BCUT2D eigenvalue weighted by Gasteiger charge is 2.47. The molecule has 39 heavy (non-hydrogen) atoms. The van der Waals surface area contributed by atoms with Crippen LogP contribution in [0.4, 0.5) is 14.6 Å². The summed E-state index contributed by atoms with van der Waals surface area (Å²) in [5.74, 6) is -1.47. The molecule has 2 bridgehead atoms. The molecule has 196 valence electrons. The summed E-state index contributed by atoms with van der Waals surface area (Å²) in [6.07, 6.45) is 5.43. The standard InChI is InChI=1S/C31H26F2N4O2/c32-21-12-22-23(15-34-29(22)24(33)13-21)30-35-25(20-10-5-16-3-1-2-4-19(16)11-20)14-26(37-30)36-28-18-8-6-17(7-9-18)27(28)31(38)39/h1-5,10-15,17-18,27-28,34H,6-9H2,(H,38,39)(H,35,36,37)/t17?,18?,27-,28?/m1/s1. The summed E-state index contributed by atoms with van der Waals surface area (Å²) in [6, 6.07) is 17.8. The van der Waals surface area contributed by atoms with Crippen molar-refractivity contribution in [2.75, 3.05) is 5.32 Å². The van der Waals surface area contributed by atoms with Gasteiger partial charge in [-0.3, -0.25) is 4.79 Å². The van der Waals surface area contributed by atoms with Gasteiger partial charge < -0.3 is 15.4 Å². The van der Waals surface area contributed by atoms with E-state index in [2.05, 4.69) is 10.3 Å². The fraction of sp³-hybridized carbons (Fsp3) is 0.258. The van der Waals surface area contributed by atoms with Crippen LogP contribution in [0.5, 0.6) is 0 Å². The molecule has 6 nitrogen and oxygen atoms in total. The Kier molecular flexibility index (Phi) is 5.58. The highest BCUT2D eigenvalue weighted by molar-refractivity contribution is 5.95. The summed E-state index contributed by atoms with van der Waals surface area (Å²) in [5, 5.41) is 16.0. The molecule has 0 amide bonds. The van der Waals surface area contributed by atoms with E-state index in [1.165, 1.54) is 6.07 Å². The first-order valence-corrected chi connectivity index (χ1v) is 13.3. The van der Waals surface area contributed by atoms with Gasteiger partial charge in [-0.15, -0.1) is 0 Å². The van der Waals surface area contributed by atoms with Crippen LogP contribution in [0.3, 0.4) is 0 Å². The SMILES string of the molecule is O=C(O)[C@@H]1C2CCC(CC2)C1Nc1cc(-c2ccc3ccccc3c2)nc(-c2c[nH]c3c(F)cc(F)cc23)n1. The van der Waals surface area contributed by atoms with Crippen LogP contribution in [0, 0.1) is 29.4 Å². The molecule has 8 heteroatoms. The third-order valence-electron chi connectivity index (χ3n) is 8.54. The predicted molar refractivity (Wildman–Crippen MR) is 146 cm³/mol. The molecule has 0 radical (unpaired) electrons. The lowest BCUT2D eigenvalue weighted by Gasteiger charge is -2.47.